The first-order valence-electron chi connectivity index (χ1n) is 7.40. The number of rotatable bonds is 5. The number of aromatic nitrogens is 2. The fraction of sp³-hybridized carbons (Fsp3) is 0.125. The molecule has 0 saturated carbocycles. The summed E-state index contributed by atoms with van der Waals surface area (Å²) in [6, 6.07) is 6.34. The van der Waals surface area contributed by atoms with Crippen LogP contribution < -0.4 is 10.0 Å². The number of sulfonamides is 1. The SMILES string of the molecule is Cc1noc(C)c1S(=O)(=O)Nc1ccc(Nc2ccc(F)c(F)c2)cn1. The summed E-state index contributed by atoms with van der Waals surface area (Å²) in [4.78, 5) is 3.96. The van der Waals surface area contributed by atoms with Crippen LogP contribution in [0.1, 0.15) is 11.5 Å². The molecule has 2 N–H and O–H groups in total. The number of pyridine rings is 1. The van der Waals surface area contributed by atoms with Crippen molar-refractivity contribution in [2.75, 3.05) is 10.0 Å². The summed E-state index contributed by atoms with van der Waals surface area (Å²) >= 11 is 0. The van der Waals surface area contributed by atoms with Gasteiger partial charge in [0.1, 0.15) is 11.5 Å². The molecule has 136 valence electrons. The van der Waals surface area contributed by atoms with Crippen LogP contribution >= 0.6 is 0 Å². The summed E-state index contributed by atoms with van der Waals surface area (Å²) in [5.41, 5.74) is 1.04. The molecule has 0 unspecified atom stereocenters. The smallest absolute Gasteiger partial charge is 0.268 e. The second kappa shape index (κ2) is 6.71. The lowest BCUT2D eigenvalue weighted by atomic mass is 10.3. The third kappa shape index (κ3) is 3.64. The molecule has 0 aliphatic heterocycles. The normalized spacial score (nSPS) is 11.4. The molecular weight excluding hydrogens is 366 g/mol. The fourth-order valence-electron chi connectivity index (χ4n) is 2.32. The Morgan fingerprint density at radius 2 is 1.77 bits per heavy atom. The molecule has 3 rings (SSSR count). The van der Waals surface area contributed by atoms with Crippen LogP contribution in [0.4, 0.5) is 26.0 Å². The number of anilines is 3. The minimum absolute atomic E-state index is 0.0386. The van der Waals surface area contributed by atoms with Crippen LogP contribution in [0.25, 0.3) is 0 Å². The lowest BCUT2D eigenvalue weighted by Gasteiger charge is -2.09. The molecule has 0 aliphatic rings. The zero-order valence-electron chi connectivity index (χ0n) is 13.7. The Morgan fingerprint density at radius 1 is 1.04 bits per heavy atom. The molecule has 3 aromatic rings. The molecule has 0 amide bonds. The fourth-order valence-corrected chi connectivity index (χ4v) is 3.66. The van der Waals surface area contributed by atoms with E-state index in [1.807, 2.05) is 0 Å². The van der Waals surface area contributed by atoms with E-state index in [1.54, 1.807) is 6.07 Å². The van der Waals surface area contributed by atoms with Gasteiger partial charge in [-0.2, -0.15) is 0 Å². The Balaban J connectivity index is 1.76. The molecule has 0 radical (unpaired) electrons. The highest BCUT2D eigenvalue weighted by Gasteiger charge is 2.24. The molecular formula is C16H14F2N4O3S. The number of halogens is 2. The van der Waals surface area contributed by atoms with E-state index in [4.69, 9.17) is 4.52 Å². The Morgan fingerprint density at radius 3 is 2.35 bits per heavy atom. The molecule has 26 heavy (non-hydrogen) atoms. The van der Waals surface area contributed by atoms with Gasteiger partial charge in [-0.25, -0.2) is 22.2 Å². The van der Waals surface area contributed by atoms with E-state index in [0.717, 1.165) is 12.1 Å². The van der Waals surface area contributed by atoms with Crippen molar-refractivity contribution in [3.8, 4) is 0 Å². The van der Waals surface area contributed by atoms with E-state index in [0.29, 0.717) is 11.4 Å². The van der Waals surface area contributed by atoms with E-state index in [9.17, 15) is 17.2 Å². The van der Waals surface area contributed by atoms with E-state index in [1.165, 1.54) is 32.2 Å². The number of aryl methyl sites for hydroxylation is 2. The third-order valence-electron chi connectivity index (χ3n) is 3.45. The predicted octanol–water partition coefficient (Wildman–Crippen LogP) is 3.51. The highest BCUT2D eigenvalue weighted by Crippen LogP contribution is 2.23. The summed E-state index contributed by atoms with van der Waals surface area (Å²) in [5.74, 6) is -1.67. The Labute approximate surface area is 148 Å². The van der Waals surface area contributed by atoms with Gasteiger partial charge >= 0.3 is 0 Å². The van der Waals surface area contributed by atoms with E-state index in [-0.39, 0.29) is 22.2 Å². The first kappa shape index (κ1) is 17.8. The average Bonchev–Trinajstić information content (AvgIpc) is 2.92. The minimum Gasteiger partial charge on any atom is -0.360 e. The Bertz CT molecular complexity index is 1030. The molecule has 0 fully saturated rings. The summed E-state index contributed by atoms with van der Waals surface area (Å²) in [7, 11) is -3.89. The topological polar surface area (TPSA) is 97.1 Å². The maximum atomic E-state index is 13.2. The molecule has 2 heterocycles. The highest BCUT2D eigenvalue weighted by atomic mass is 32.2. The highest BCUT2D eigenvalue weighted by molar-refractivity contribution is 7.92. The zero-order chi connectivity index (χ0) is 18.9. The van der Waals surface area contributed by atoms with E-state index >= 15 is 0 Å². The van der Waals surface area contributed by atoms with Gasteiger partial charge in [-0.05, 0) is 38.1 Å². The van der Waals surface area contributed by atoms with Gasteiger partial charge < -0.3 is 9.84 Å². The van der Waals surface area contributed by atoms with Gasteiger partial charge in [0.15, 0.2) is 22.3 Å². The molecule has 0 aliphatic carbocycles. The molecule has 0 bridgehead atoms. The van der Waals surface area contributed by atoms with Gasteiger partial charge in [0.05, 0.1) is 11.9 Å². The van der Waals surface area contributed by atoms with Crippen LogP contribution in [0.15, 0.2) is 45.9 Å². The van der Waals surface area contributed by atoms with Crippen LogP contribution in [0.3, 0.4) is 0 Å². The van der Waals surface area contributed by atoms with Gasteiger partial charge in [0.2, 0.25) is 0 Å². The van der Waals surface area contributed by atoms with Crippen LogP contribution in [0.5, 0.6) is 0 Å². The standard InChI is InChI=1S/C16H14F2N4O3S/c1-9-16(10(2)25-21-9)26(23,24)22-15-6-4-12(8-19-15)20-11-3-5-13(17)14(18)7-11/h3-8,20H,1-2H3,(H,19,22). The van der Waals surface area contributed by atoms with Gasteiger partial charge in [-0.1, -0.05) is 5.16 Å². The number of benzene rings is 1. The van der Waals surface area contributed by atoms with Crippen molar-refractivity contribution >= 4 is 27.2 Å². The van der Waals surface area contributed by atoms with Crippen LogP contribution in [0, 0.1) is 25.5 Å². The monoisotopic (exact) mass is 380 g/mol. The molecule has 10 heteroatoms. The van der Waals surface area contributed by atoms with E-state index < -0.39 is 21.7 Å². The largest absolute Gasteiger partial charge is 0.360 e. The predicted molar refractivity (Wildman–Crippen MR) is 90.7 cm³/mol. The van der Waals surface area contributed by atoms with Crippen molar-refractivity contribution in [3.63, 3.8) is 0 Å². The summed E-state index contributed by atoms with van der Waals surface area (Å²) in [6.07, 6.45) is 1.35. The maximum Gasteiger partial charge on any atom is 0.268 e. The van der Waals surface area contributed by atoms with Gasteiger partial charge in [0, 0.05) is 11.8 Å². The molecule has 0 spiro atoms. The van der Waals surface area contributed by atoms with Crippen LogP contribution in [0.2, 0.25) is 0 Å². The Kier molecular flexibility index (Phi) is 4.60. The second-order valence-corrected chi connectivity index (χ2v) is 7.06. The number of hydrogen-bond donors (Lipinski definition) is 2. The molecule has 7 nitrogen and oxygen atoms in total. The van der Waals surface area contributed by atoms with Crippen molar-refractivity contribution in [3.05, 3.63) is 59.6 Å². The molecule has 2 aromatic heterocycles. The summed E-state index contributed by atoms with van der Waals surface area (Å²) in [5, 5.41) is 6.45. The van der Waals surface area contributed by atoms with Crippen LogP contribution in [-0.2, 0) is 10.0 Å². The maximum absolute atomic E-state index is 13.2. The first-order valence-corrected chi connectivity index (χ1v) is 8.88. The van der Waals surface area contributed by atoms with Crippen molar-refractivity contribution in [2.24, 2.45) is 0 Å². The number of nitrogens with zero attached hydrogens (tertiary/aromatic N) is 2. The quantitative estimate of drug-likeness (QED) is 0.703. The Hall–Kier alpha value is -3.01. The summed E-state index contributed by atoms with van der Waals surface area (Å²) < 4.78 is 58.2. The number of nitrogens with one attached hydrogen (secondary N) is 2. The number of hydrogen-bond acceptors (Lipinski definition) is 6. The lowest BCUT2D eigenvalue weighted by Crippen LogP contribution is -2.15. The van der Waals surface area contributed by atoms with E-state index in [2.05, 4.69) is 20.2 Å². The van der Waals surface area contributed by atoms with Gasteiger partial charge in [-0.3, -0.25) is 4.72 Å². The van der Waals surface area contributed by atoms with Crippen molar-refractivity contribution in [1.29, 1.82) is 0 Å². The van der Waals surface area contributed by atoms with Gasteiger partial charge in [0.25, 0.3) is 10.0 Å². The third-order valence-corrected chi connectivity index (χ3v) is 5.05. The molecule has 0 atom stereocenters. The average molecular weight is 380 g/mol. The van der Waals surface area contributed by atoms with Crippen molar-refractivity contribution in [1.82, 2.24) is 10.1 Å². The zero-order valence-corrected chi connectivity index (χ0v) is 14.6. The molecule has 1 aromatic carbocycles. The minimum atomic E-state index is -3.89. The van der Waals surface area contributed by atoms with Gasteiger partial charge in [-0.15, -0.1) is 0 Å². The van der Waals surface area contributed by atoms with Crippen molar-refractivity contribution < 1.29 is 21.7 Å². The first-order chi connectivity index (χ1) is 12.3. The van der Waals surface area contributed by atoms with Crippen LogP contribution in [-0.4, -0.2) is 18.6 Å². The molecule has 0 saturated heterocycles. The summed E-state index contributed by atoms with van der Waals surface area (Å²) in [6.45, 7) is 3.02. The van der Waals surface area contributed by atoms with Crippen molar-refractivity contribution in [2.45, 2.75) is 18.7 Å². The lowest BCUT2D eigenvalue weighted by molar-refractivity contribution is 0.390. The second-order valence-electron chi connectivity index (χ2n) is 5.44.